The van der Waals surface area contributed by atoms with E-state index in [9.17, 15) is 15.0 Å². The number of methoxy groups -OCH3 is 2. The van der Waals surface area contributed by atoms with Crippen LogP contribution in [-0.2, 0) is 29.2 Å². The summed E-state index contributed by atoms with van der Waals surface area (Å²) in [7, 11) is 5.05. The summed E-state index contributed by atoms with van der Waals surface area (Å²) in [5.74, 6) is 1.19. The molecule has 1 fully saturated rings. The number of carbonyl (C=O) groups excluding carboxylic acids is 1. The number of hydrogen-bond acceptors (Lipinski definition) is 8. The van der Waals surface area contributed by atoms with Gasteiger partial charge < -0.3 is 34.1 Å². The number of carbonyl (C=O) groups is 1. The molecule has 3 aliphatic rings. The van der Waals surface area contributed by atoms with Crippen molar-refractivity contribution in [2.75, 3.05) is 27.9 Å². The van der Waals surface area contributed by atoms with Crippen molar-refractivity contribution in [2.45, 2.75) is 51.6 Å². The van der Waals surface area contributed by atoms with Crippen LogP contribution in [0.2, 0.25) is 0 Å². The summed E-state index contributed by atoms with van der Waals surface area (Å²) in [6.07, 6.45) is 2.29. The highest BCUT2D eigenvalue weighted by Gasteiger charge is 2.53. The average molecular weight is 649 g/mol. The molecule has 0 unspecified atom stereocenters. The second-order valence-electron chi connectivity index (χ2n) is 12.7. The fourth-order valence-corrected chi connectivity index (χ4v) is 7.60. The second-order valence-corrected chi connectivity index (χ2v) is 12.7. The second kappa shape index (κ2) is 12.6. The third-order valence-electron chi connectivity index (χ3n) is 9.88. The fraction of sp³-hybridized carbons (Fsp3) is 0.308. The van der Waals surface area contributed by atoms with E-state index in [4.69, 9.17) is 18.9 Å². The molecule has 4 aromatic rings. The predicted octanol–water partition coefficient (Wildman–Crippen LogP) is 6.36. The van der Waals surface area contributed by atoms with Crippen LogP contribution < -0.4 is 14.2 Å². The van der Waals surface area contributed by atoms with E-state index in [-0.39, 0.29) is 29.8 Å². The Kier molecular flexibility index (Phi) is 8.27. The van der Waals surface area contributed by atoms with Gasteiger partial charge in [-0.15, -0.1) is 0 Å². The van der Waals surface area contributed by atoms with Gasteiger partial charge in [0.2, 0.25) is 5.91 Å². The van der Waals surface area contributed by atoms with E-state index in [2.05, 4.69) is 11.0 Å². The lowest BCUT2D eigenvalue weighted by Crippen LogP contribution is -2.60. The zero-order chi connectivity index (χ0) is 33.7. The van der Waals surface area contributed by atoms with Crippen molar-refractivity contribution < 1.29 is 34.0 Å². The highest BCUT2D eigenvalue weighted by Crippen LogP contribution is 2.57. The molecule has 4 aromatic carbocycles. The standard InChI is InChI=1S/C39H40N2O7/c1-22-16-26-17-29-39(44)41-28(33(40(29)3)31(26)38(36(22)45-4)48-20-25-14-10-7-11-15-25)18-27-32(35(43)37(46-5)23(2)34(27)42)30(41)21-47-19-24-12-8-6-9-13-24/h6-16,18,29-30,33,42-43H,17,19-21H2,1-5H3/t29-,30+,33+/m1/s1. The summed E-state index contributed by atoms with van der Waals surface area (Å²) < 4.78 is 24.4. The van der Waals surface area contributed by atoms with Crippen molar-refractivity contribution in [1.29, 1.82) is 0 Å². The van der Waals surface area contributed by atoms with Gasteiger partial charge in [0.15, 0.2) is 23.0 Å². The number of aryl methyl sites for hydroxylation is 1. The summed E-state index contributed by atoms with van der Waals surface area (Å²) in [4.78, 5) is 18.5. The lowest BCUT2D eigenvalue weighted by molar-refractivity contribution is -0.145. The summed E-state index contributed by atoms with van der Waals surface area (Å²) in [6.45, 7) is 4.42. The topological polar surface area (TPSA) is 101 Å². The van der Waals surface area contributed by atoms with Gasteiger partial charge in [0.1, 0.15) is 12.4 Å². The van der Waals surface area contributed by atoms with Gasteiger partial charge in [0.25, 0.3) is 0 Å². The van der Waals surface area contributed by atoms with Crippen molar-refractivity contribution in [1.82, 2.24) is 9.80 Å². The van der Waals surface area contributed by atoms with Gasteiger partial charge in [-0.2, -0.15) is 0 Å². The molecule has 0 spiro atoms. The molecule has 7 rings (SSSR count). The monoisotopic (exact) mass is 648 g/mol. The summed E-state index contributed by atoms with van der Waals surface area (Å²) >= 11 is 0. The molecule has 2 N–H and O–H groups in total. The normalized spacial score (nSPS) is 19.6. The number of piperazine rings is 1. The van der Waals surface area contributed by atoms with Crippen LogP contribution in [0.1, 0.15) is 56.6 Å². The van der Waals surface area contributed by atoms with Gasteiger partial charge in [-0.05, 0) is 55.6 Å². The number of hydrogen-bond donors (Lipinski definition) is 2. The molecule has 48 heavy (non-hydrogen) atoms. The van der Waals surface area contributed by atoms with Gasteiger partial charge in [-0.3, -0.25) is 9.69 Å². The van der Waals surface area contributed by atoms with Crippen LogP contribution >= 0.6 is 0 Å². The van der Waals surface area contributed by atoms with Crippen LogP contribution in [0.5, 0.6) is 28.7 Å². The zero-order valence-corrected chi connectivity index (χ0v) is 27.8. The number of ether oxygens (including phenoxy) is 4. The molecule has 2 bridgehead atoms. The molecule has 1 saturated heterocycles. The SMILES string of the molecule is COc1c(C)c(O)c2c(c1O)[C@H](COCc1ccccc1)N1C(=O)[C@H]3Cc4cc(C)c(OC)c(OCc5ccccc5)c4[C@H](C1=C2)N3C. The Hall–Kier alpha value is -4.99. The third-order valence-corrected chi connectivity index (χ3v) is 9.88. The van der Waals surface area contributed by atoms with Crippen molar-refractivity contribution in [3.63, 3.8) is 0 Å². The van der Waals surface area contributed by atoms with Gasteiger partial charge in [0.05, 0.1) is 45.6 Å². The van der Waals surface area contributed by atoms with Crippen molar-refractivity contribution >= 4 is 12.0 Å². The molecule has 9 heteroatoms. The number of nitrogens with zero attached hydrogens (tertiary/aromatic N) is 2. The number of phenols is 2. The highest BCUT2D eigenvalue weighted by molar-refractivity contribution is 5.91. The molecular weight excluding hydrogens is 608 g/mol. The smallest absolute Gasteiger partial charge is 0.245 e. The Balaban J connectivity index is 1.40. The number of benzene rings is 4. The van der Waals surface area contributed by atoms with Gasteiger partial charge in [-0.25, -0.2) is 0 Å². The Labute approximate surface area is 280 Å². The number of phenolic OH excluding ortho intramolecular Hbond substituents is 2. The Bertz CT molecular complexity index is 1910. The Morgan fingerprint density at radius 1 is 0.833 bits per heavy atom. The van der Waals surface area contributed by atoms with Gasteiger partial charge in [0, 0.05) is 28.0 Å². The van der Waals surface area contributed by atoms with Crippen LogP contribution in [0.25, 0.3) is 6.08 Å². The first-order valence-electron chi connectivity index (χ1n) is 16.1. The van der Waals surface area contributed by atoms with Crippen LogP contribution in [0.3, 0.4) is 0 Å². The summed E-state index contributed by atoms with van der Waals surface area (Å²) in [5, 5.41) is 23.2. The molecule has 3 heterocycles. The summed E-state index contributed by atoms with van der Waals surface area (Å²) in [6, 6.07) is 20.2. The number of aromatic hydroxyl groups is 2. The van der Waals surface area contributed by atoms with Gasteiger partial charge in [-0.1, -0.05) is 66.7 Å². The highest BCUT2D eigenvalue weighted by atomic mass is 16.5. The first kappa shape index (κ1) is 31.6. The van der Waals surface area contributed by atoms with Crippen molar-refractivity contribution in [3.05, 3.63) is 117 Å². The van der Waals surface area contributed by atoms with E-state index in [0.717, 1.165) is 27.8 Å². The molecule has 0 aromatic heterocycles. The molecule has 3 atom stereocenters. The molecular formula is C39H40N2O7. The Morgan fingerprint density at radius 2 is 1.48 bits per heavy atom. The zero-order valence-electron chi connectivity index (χ0n) is 27.8. The van der Waals surface area contributed by atoms with E-state index < -0.39 is 18.1 Å². The minimum absolute atomic E-state index is 0.0184. The number of likely N-dealkylation sites (N-methyl/N-ethyl adjacent to an activating group) is 1. The van der Waals surface area contributed by atoms with Crippen LogP contribution in [0, 0.1) is 13.8 Å². The minimum atomic E-state index is -0.738. The van der Waals surface area contributed by atoms with E-state index in [1.807, 2.05) is 80.7 Å². The van der Waals surface area contributed by atoms with E-state index >= 15 is 0 Å². The fourth-order valence-electron chi connectivity index (χ4n) is 7.60. The number of fused-ring (bicyclic) bond motifs is 7. The average Bonchev–Trinajstić information content (AvgIpc) is 3.09. The molecule has 0 saturated carbocycles. The van der Waals surface area contributed by atoms with Crippen molar-refractivity contribution in [2.24, 2.45) is 0 Å². The Morgan fingerprint density at radius 3 is 2.12 bits per heavy atom. The number of amides is 1. The molecule has 248 valence electrons. The quantitative estimate of drug-likeness (QED) is 0.202. The third kappa shape index (κ3) is 5.05. The van der Waals surface area contributed by atoms with Crippen molar-refractivity contribution in [3.8, 4) is 28.7 Å². The maximum atomic E-state index is 14.6. The van der Waals surface area contributed by atoms with Crippen LogP contribution in [0.15, 0.2) is 72.4 Å². The molecule has 3 aliphatic heterocycles. The lowest BCUT2D eigenvalue weighted by Gasteiger charge is -2.53. The minimum Gasteiger partial charge on any atom is -0.507 e. The summed E-state index contributed by atoms with van der Waals surface area (Å²) in [5.41, 5.74) is 6.75. The lowest BCUT2D eigenvalue weighted by atomic mass is 9.78. The van der Waals surface area contributed by atoms with E-state index in [1.54, 1.807) is 18.9 Å². The maximum absolute atomic E-state index is 14.6. The first-order chi connectivity index (χ1) is 23.2. The largest absolute Gasteiger partial charge is 0.507 e. The van der Waals surface area contributed by atoms with Gasteiger partial charge >= 0.3 is 0 Å². The van der Waals surface area contributed by atoms with Crippen LogP contribution in [-0.4, -0.2) is 59.8 Å². The molecule has 0 radical (unpaired) electrons. The first-order valence-corrected chi connectivity index (χ1v) is 16.1. The predicted molar refractivity (Wildman–Crippen MR) is 181 cm³/mol. The molecule has 0 aliphatic carbocycles. The molecule has 9 nitrogen and oxygen atoms in total. The van der Waals surface area contributed by atoms with Crippen LogP contribution in [0.4, 0.5) is 0 Å². The maximum Gasteiger partial charge on any atom is 0.245 e. The van der Waals surface area contributed by atoms with E-state index in [1.165, 1.54) is 7.11 Å². The molecule has 1 amide bonds. The van der Waals surface area contributed by atoms with E-state index in [0.29, 0.717) is 53.5 Å². The number of rotatable bonds is 9.